The molecule has 0 saturated carbocycles. The third kappa shape index (κ3) is 3.97. The lowest BCUT2D eigenvalue weighted by molar-refractivity contribution is -0.144. The number of nitrogens with zero attached hydrogens (tertiary/aromatic N) is 3. The van der Waals surface area contributed by atoms with Gasteiger partial charge in [0.2, 0.25) is 11.7 Å². The molecule has 3 N–H and O–H groups in total. The zero-order valence-electron chi connectivity index (χ0n) is 11.3. The van der Waals surface area contributed by atoms with Crippen molar-refractivity contribution in [3.8, 4) is 0 Å². The number of nitrogens with two attached hydrogens (primary N) is 1. The van der Waals surface area contributed by atoms with E-state index in [0.29, 0.717) is 6.54 Å². The van der Waals surface area contributed by atoms with Crippen molar-refractivity contribution in [3.63, 3.8) is 0 Å². The molecule has 0 spiro atoms. The van der Waals surface area contributed by atoms with Crippen LogP contribution in [0.4, 0.5) is 24.8 Å². The summed E-state index contributed by atoms with van der Waals surface area (Å²) in [4.78, 5) is 19.7. The third-order valence-corrected chi connectivity index (χ3v) is 2.58. The van der Waals surface area contributed by atoms with Gasteiger partial charge in [-0.25, -0.2) is 9.97 Å². The Morgan fingerprint density at radius 2 is 2.10 bits per heavy atom. The zero-order valence-corrected chi connectivity index (χ0v) is 11.3. The van der Waals surface area contributed by atoms with Crippen molar-refractivity contribution >= 4 is 17.5 Å². The first-order valence-electron chi connectivity index (χ1n) is 5.88. The zero-order chi connectivity index (χ0) is 15.5. The molecular formula is C11H16F3N5O. The largest absolute Gasteiger partial charge is 0.451 e. The molecule has 112 valence electrons. The fourth-order valence-corrected chi connectivity index (χ4v) is 1.44. The maximum Gasteiger partial charge on any atom is 0.451 e. The quantitative estimate of drug-likeness (QED) is 0.875. The molecule has 0 bridgehead atoms. The first kappa shape index (κ1) is 16.0. The molecule has 0 aliphatic carbocycles. The molecule has 6 nitrogen and oxygen atoms in total. The van der Waals surface area contributed by atoms with Crippen LogP contribution in [-0.2, 0) is 11.0 Å². The minimum atomic E-state index is -4.70. The van der Waals surface area contributed by atoms with Crippen molar-refractivity contribution in [3.05, 3.63) is 11.9 Å². The number of likely N-dealkylation sites (N-methyl/N-ethyl adjacent to an activating group) is 1. The number of carbonyl (C=O) groups excluding carboxylic acids is 1. The van der Waals surface area contributed by atoms with Gasteiger partial charge >= 0.3 is 6.18 Å². The summed E-state index contributed by atoms with van der Waals surface area (Å²) in [6.07, 6.45) is -4.70. The molecule has 0 aliphatic heterocycles. The number of carbonyl (C=O) groups is 1. The summed E-state index contributed by atoms with van der Waals surface area (Å²) in [7, 11) is 1.59. The number of hydrogen-bond acceptors (Lipinski definition) is 5. The molecule has 0 saturated heterocycles. The lowest BCUT2D eigenvalue weighted by atomic mass is 10.3. The molecule has 0 aromatic carbocycles. The van der Waals surface area contributed by atoms with E-state index in [1.54, 1.807) is 14.0 Å². The minimum Gasteiger partial charge on any atom is -0.384 e. The number of aromatic nitrogens is 2. The van der Waals surface area contributed by atoms with E-state index in [-0.39, 0.29) is 17.5 Å². The van der Waals surface area contributed by atoms with E-state index in [1.165, 1.54) is 11.8 Å². The molecule has 9 heteroatoms. The second kappa shape index (κ2) is 5.93. The standard InChI is InChI=1S/C11H16F3N5O/c1-4-19(3)9(20)6(2)16-8-5-7(15)17-10(18-8)11(12,13)14/h5-6H,4H2,1-3H3,(H3,15,16,17,18). The summed E-state index contributed by atoms with van der Waals surface area (Å²) in [6.45, 7) is 3.81. The van der Waals surface area contributed by atoms with Crippen LogP contribution >= 0.6 is 0 Å². The summed E-state index contributed by atoms with van der Waals surface area (Å²) < 4.78 is 37.6. The number of nitrogen functional groups attached to an aromatic ring is 1. The molecule has 20 heavy (non-hydrogen) atoms. The van der Waals surface area contributed by atoms with Gasteiger partial charge in [0.15, 0.2) is 0 Å². The molecule has 1 rings (SSSR count). The van der Waals surface area contributed by atoms with Crippen LogP contribution < -0.4 is 11.1 Å². The van der Waals surface area contributed by atoms with Crippen molar-refractivity contribution < 1.29 is 18.0 Å². The van der Waals surface area contributed by atoms with Crippen molar-refractivity contribution in [1.82, 2.24) is 14.9 Å². The number of amides is 1. The smallest absolute Gasteiger partial charge is 0.384 e. The van der Waals surface area contributed by atoms with Crippen LogP contribution in [0.5, 0.6) is 0 Å². The van der Waals surface area contributed by atoms with Crippen LogP contribution in [0.1, 0.15) is 19.7 Å². The average molecular weight is 291 g/mol. The maximum atomic E-state index is 12.5. The van der Waals surface area contributed by atoms with E-state index in [9.17, 15) is 18.0 Å². The van der Waals surface area contributed by atoms with Gasteiger partial charge in [0.25, 0.3) is 0 Å². The summed E-state index contributed by atoms with van der Waals surface area (Å²) >= 11 is 0. The molecular weight excluding hydrogens is 275 g/mol. The van der Waals surface area contributed by atoms with Crippen LogP contribution in [0.2, 0.25) is 0 Å². The van der Waals surface area contributed by atoms with Gasteiger partial charge in [-0.2, -0.15) is 13.2 Å². The fraction of sp³-hybridized carbons (Fsp3) is 0.545. The maximum absolute atomic E-state index is 12.5. The number of rotatable bonds is 4. The Kier molecular flexibility index (Phi) is 4.74. The van der Waals surface area contributed by atoms with Crippen molar-refractivity contribution in [2.24, 2.45) is 0 Å². The van der Waals surface area contributed by atoms with Gasteiger partial charge in [-0.15, -0.1) is 0 Å². The van der Waals surface area contributed by atoms with Crippen molar-refractivity contribution in [2.75, 3.05) is 24.6 Å². The third-order valence-electron chi connectivity index (χ3n) is 2.58. The highest BCUT2D eigenvalue weighted by atomic mass is 19.4. The van der Waals surface area contributed by atoms with Crippen molar-refractivity contribution in [2.45, 2.75) is 26.1 Å². The molecule has 1 aromatic heterocycles. The molecule has 0 fully saturated rings. The van der Waals surface area contributed by atoms with E-state index in [1.807, 2.05) is 0 Å². The number of nitrogens with one attached hydrogen (secondary N) is 1. The molecule has 0 aliphatic rings. The Labute approximate surface area is 114 Å². The second-order valence-corrected chi connectivity index (χ2v) is 4.22. The van der Waals surface area contributed by atoms with Crippen LogP contribution in [0.25, 0.3) is 0 Å². The summed E-state index contributed by atoms with van der Waals surface area (Å²) in [5.74, 6) is -2.07. The van der Waals surface area contributed by atoms with Crippen LogP contribution in [-0.4, -0.2) is 40.4 Å². The van der Waals surface area contributed by atoms with Crippen LogP contribution in [0, 0.1) is 0 Å². The van der Waals surface area contributed by atoms with Gasteiger partial charge in [0.1, 0.15) is 17.7 Å². The monoisotopic (exact) mass is 291 g/mol. The highest BCUT2D eigenvalue weighted by Gasteiger charge is 2.35. The molecule has 1 atom stereocenters. The van der Waals surface area contributed by atoms with E-state index < -0.39 is 18.0 Å². The Balaban J connectivity index is 2.93. The number of anilines is 2. The van der Waals surface area contributed by atoms with Gasteiger partial charge in [0, 0.05) is 19.7 Å². The second-order valence-electron chi connectivity index (χ2n) is 4.22. The Morgan fingerprint density at radius 1 is 1.50 bits per heavy atom. The van der Waals surface area contributed by atoms with Gasteiger partial charge in [-0.3, -0.25) is 4.79 Å². The molecule has 1 amide bonds. The predicted octanol–water partition coefficient (Wildman–Crippen LogP) is 1.36. The fourth-order valence-electron chi connectivity index (χ4n) is 1.44. The van der Waals surface area contributed by atoms with E-state index in [2.05, 4.69) is 15.3 Å². The Bertz CT molecular complexity index is 491. The number of halogens is 3. The van der Waals surface area contributed by atoms with Gasteiger partial charge in [-0.1, -0.05) is 0 Å². The SMILES string of the molecule is CCN(C)C(=O)C(C)Nc1cc(N)nc(C(F)(F)F)n1. The summed E-state index contributed by atoms with van der Waals surface area (Å²) in [5, 5.41) is 2.59. The highest BCUT2D eigenvalue weighted by Crippen LogP contribution is 2.27. The normalized spacial score (nSPS) is 12.9. The first-order valence-corrected chi connectivity index (χ1v) is 5.88. The van der Waals surface area contributed by atoms with Gasteiger partial charge < -0.3 is 16.0 Å². The van der Waals surface area contributed by atoms with E-state index in [4.69, 9.17) is 5.73 Å². The molecule has 1 aromatic rings. The van der Waals surface area contributed by atoms with Crippen LogP contribution in [0.3, 0.4) is 0 Å². The van der Waals surface area contributed by atoms with Gasteiger partial charge in [-0.05, 0) is 13.8 Å². The van der Waals surface area contributed by atoms with E-state index >= 15 is 0 Å². The molecule has 0 radical (unpaired) electrons. The Morgan fingerprint density at radius 3 is 2.60 bits per heavy atom. The topological polar surface area (TPSA) is 84.1 Å². The van der Waals surface area contributed by atoms with Gasteiger partial charge in [0.05, 0.1) is 0 Å². The molecule has 1 heterocycles. The van der Waals surface area contributed by atoms with Crippen molar-refractivity contribution in [1.29, 1.82) is 0 Å². The van der Waals surface area contributed by atoms with E-state index in [0.717, 1.165) is 6.07 Å². The average Bonchev–Trinajstić information content (AvgIpc) is 2.35. The first-order chi connectivity index (χ1) is 9.15. The van der Waals surface area contributed by atoms with Crippen LogP contribution in [0.15, 0.2) is 6.07 Å². The molecule has 1 unspecified atom stereocenters. The highest BCUT2D eigenvalue weighted by molar-refractivity contribution is 5.83. The summed E-state index contributed by atoms with van der Waals surface area (Å²) in [6, 6.07) is 0.417. The number of hydrogen-bond donors (Lipinski definition) is 2. The minimum absolute atomic E-state index is 0.143. The lowest BCUT2D eigenvalue weighted by Gasteiger charge is -2.21. The Hall–Kier alpha value is -2.06. The lowest BCUT2D eigenvalue weighted by Crippen LogP contribution is -2.39. The summed E-state index contributed by atoms with van der Waals surface area (Å²) in [5.41, 5.74) is 5.31. The number of alkyl halides is 3. The predicted molar refractivity (Wildman–Crippen MR) is 67.8 cm³/mol.